The summed E-state index contributed by atoms with van der Waals surface area (Å²) in [6.45, 7) is 0.472. The zero-order chi connectivity index (χ0) is 21.3. The van der Waals surface area contributed by atoms with Crippen LogP contribution in [0.2, 0.25) is 5.02 Å². The van der Waals surface area contributed by atoms with Crippen LogP contribution in [0, 0.1) is 16.0 Å². The van der Waals surface area contributed by atoms with Crippen molar-refractivity contribution in [3.63, 3.8) is 0 Å². The van der Waals surface area contributed by atoms with Gasteiger partial charge < -0.3 is 4.42 Å². The first-order valence-corrected chi connectivity index (χ1v) is 10.9. The van der Waals surface area contributed by atoms with Gasteiger partial charge in [0.1, 0.15) is 16.5 Å². The number of hydrogen-bond acceptors (Lipinski definition) is 6. The second-order valence-electron chi connectivity index (χ2n) is 7.42. The van der Waals surface area contributed by atoms with E-state index in [9.17, 15) is 19.7 Å². The molecule has 7 nitrogen and oxygen atoms in total. The smallest absolute Gasteiger partial charge is 0.293 e. The molecule has 1 saturated carbocycles. The average molecular weight is 447 g/mol. The van der Waals surface area contributed by atoms with Crippen LogP contribution >= 0.6 is 23.4 Å². The number of nitrogens with zero attached hydrogens (tertiary/aromatic N) is 2. The highest BCUT2D eigenvalue weighted by Gasteiger charge is 2.36. The first kappa shape index (κ1) is 20.7. The topological polar surface area (TPSA) is 93.7 Å². The van der Waals surface area contributed by atoms with E-state index in [-0.39, 0.29) is 21.9 Å². The highest BCUT2D eigenvalue weighted by molar-refractivity contribution is 8.18. The van der Waals surface area contributed by atoms with Gasteiger partial charge >= 0.3 is 0 Å². The molecule has 4 rings (SSSR count). The van der Waals surface area contributed by atoms with Crippen molar-refractivity contribution < 1.29 is 18.9 Å². The van der Waals surface area contributed by atoms with Gasteiger partial charge in [0.05, 0.1) is 9.83 Å². The SMILES string of the molecule is O=C1S/C(=C\c2ccc(-c3ccc(Cl)c([N+](=O)[O-])c3)o2)C(=O)N1CC1CCCCC1. The van der Waals surface area contributed by atoms with Gasteiger partial charge in [0.2, 0.25) is 0 Å². The number of furan rings is 1. The van der Waals surface area contributed by atoms with Gasteiger partial charge in [0.25, 0.3) is 16.8 Å². The van der Waals surface area contributed by atoms with Gasteiger partial charge in [0.15, 0.2) is 0 Å². The third kappa shape index (κ3) is 4.29. The van der Waals surface area contributed by atoms with E-state index in [4.69, 9.17) is 16.0 Å². The van der Waals surface area contributed by atoms with Gasteiger partial charge in [-0.25, -0.2) is 0 Å². The van der Waals surface area contributed by atoms with Crippen LogP contribution in [-0.2, 0) is 4.79 Å². The van der Waals surface area contributed by atoms with Crippen LogP contribution in [0.4, 0.5) is 10.5 Å². The monoisotopic (exact) mass is 446 g/mol. The Bertz CT molecular complexity index is 1040. The number of carbonyl (C=O) groups is 2. The molecule has 2 heterocycles. The lowest BCUT2D eigenvalue weighted by Gasteiger charge is -2.25. The Morgan fingerprint density at radius 1 is 1.20 bits per heavy atom. The largest absolute Gasteiger partial charge is 0.457 e. The molecular weight excluding hydrogens is 428 g/mol. The normalized spacial score (nSPS) is 19.1. The van der Waals surface area contributed by atoms with Crippen molar-refractivity contribution in [1.82, 2.24) is 4.90 Å². The molecule has 0 N–H and O–H groups in total. The van der Waals surface area contributed by atoms with Crippen LogP contribution in [0.1, 0.15) is 37.9 Å². The molecule has 0 atom stereocenters. The highest BCUT2D eigenvalue weighted by Crippen LogP contribution is 2.36. The highest BCUT2D eigenvalue weighted by atomic mass is 35.5. The maximum absolute atomic E-state index is 12.7. The minimum atomic E-state index is -0.558. The third-order valence-electron chi connectivity index (χ3n) is 5.37. The molecule has 2 amide bonds. The Kier molecular flexibility index (Phi) is 5.97. The van der Waals surface area contributed by atoms with E-state index in [0.717, 1.165) is 37.4 Å². The lowest BCUT2D eigenvalue weighted by molar-refractivity contribution is -0.384. The summed E-state index contributed by atoms with van der Waals surface area (Å²) in [6.07, 6.45) is 7.16. The molecule has 0 radical (unpaired) electrons. The van der Waals surface area contributed by atoms with E-state index in [1.807, 2.05) is 0 Å². The fourth-order valence-electron chi connectivity index (χ4n) is 3.81. The Labute approximate surface area is 182 Å². The molecule has 156 valence electrons. The molecule has 1 aromatic heterocycles. The van der Waals surface area contributed by atoms with Crippen molar-refractivity contribution in [1.29, 1.82) is 0 Å². The van der Waals surface area contributed by atoms with Crippen molar-refractivity contribution in [2.45, 2.75) is 32.1 Å². The number of imide groups is 1. The predicted octanol–water partition coefficient (Wildman–Crippen LogP) is 6.12. The van der Waals surface area contributed by atoms with Crippen molar-refractivity contribution in [2.75, 3.05) is 6.54 Å². The van der Waals surface area contributed by atoms with E-state index >= 15 is 0 Å². The van der Waals surface area contributed by atoms with E-state index in [2.05, 4.69) is 0 Å². The minimum absolute atomic E-state index is 0.0437. The molecule has 1 aliphatic carbocycles. The van der Waals surface area contributed by atoms with Gasteiger partial charge in [-0.2, -0.15) is 0 Å². The maximum atomic E-state index is 12.7. The van der Waals surface area contributed by atoms with Gasteiger partial charge in [-0.3, -0.25) is 24.6 Å². The quantitative estimate of drug-likeness (QED) is 0.311. The molecule has 1 saturated heterocycles. The zero-order valence-corrected chi connectivity index (χ0v) is 17.6. The predicted molar refractivity (Wildman–Crippen MR) is 115 cm³/mol. The summed E-state index contributed by atoms with van der Waals surface area (Å²) in [7, 11) is 0. The Morgan fingerprint density at radius 2 is 1.97 bits per heavy atom. The summed E-state index contributed by atoms with van der Waals surface area (Å²) in [5, 5.41) is 10.9. The van der Waals surface area contributed by atoms with E-state index in [1.54, 1.807) is 24.3 Å². The van der Waals surface area contributed by atoms with E-state index < -0.39 is 4.92 Å². The van der Waals surface area contributed by atoms with Crippen molar-refractivity contribution in [3.8, 4) is 11.3 Å². The molecule has 2 aromatic rings. The minimum Gasteiger partial charge on any atom is -0.457 e. The summed E-state index contributed by atoms with van der Waals surface area (Å²) in [6, 6.07) is 7.71. The Hall–Kier alpha value is -2.58. The summed E-state index contributed by atoms with van der Waals surface area (Å²) in [5.74, 6) is 0.881. The molecule has 1 aromatic carbocycles. The van der Waals surface area contributed by atoms with Crippen LogP contribution in [-0.4, -0.2) is 27.5 Å². The van der Waals surface area contributed by atoms with Crippen LogP contribution in [0.3, 0.4) is 0 Å². The number of carbonyl (C=O) groups excluding carboxylic acids is 2. The number of nitro groups is 1. The van der Waals surface area contributed by atoms with Gasteiger partial charge in [-0.05, 0) is 54.8 Å². The second kappa shape index (κ2) is 8.65. The standard InChI is InChI=1S/C21H19ClN2O5S/c22-16-8-6-14(10-17(16)24(27)28)18-9-7-15(29-18)11-19-20(25)23(21(26)30-19)12-13-4-2-1-3-5-13/h6-11,13H,1-5,12H2/b19-11-. The second-order valence-corrected chi connectivity index (χ2v) is 8.82. The summed E-state index contributed by atoms with van der Waals surface area (Å²) < 4.78 is 5.74. The molecule has 2 fully saturated rings. The summed E-state index contributed by atoms with van der Waals surface area (Å²) in [5.41, 5.74) is 0.284. The first-order valence-electron chi connectivity index (χ1n) is 9.72. The molecule has 0 spiro atoms. The summed E-state index contributed by atoms with van der Waals surface area (Å²) >= 11 is 6.76. The molecule has 2 aliphatic rings. The molecular formula is C21H19ClN2O5S. The zero-order valence-electron chi connectivity index (χ0n) is 16.0. The van der Waals surface area contributed by atoms with Crippen molar-refractivity contribution in [2.24, 2.45) is 5.92 Å². The molecule has 1 aliphatic heterocycles. The molecule has 0 bridgehead atoms. The maximum Gasteiger partial charge on any atom is 0.293 e. The van der Waals surface area contributed by atoms with Crippen LogP contribution in [0.15, 0.2) is 39.7 Å². The fourth-order valence-corrected chi connectivity index (χ4v) is 4.82. The number of nitro benzene ring substituents is 1. The van der Waals surface area contributed by atoms with Gasteiger partial charge in [-0.1, -0.05) is 30.9 Å². The summed E-state index contributed by atoms with van der Waals surface area (Å²) in [4.78, 5) is 37.2. The van der Waals surface area contributed by atoms with Gasteiger partial charge in [0, 0.05) is 24.3 Å². The number of thioether (sulfide) groups is 1. The number of hydrogen-bond donors (Lipinski definition) is 0. The average Bonchev–Trinajstić information content (AvgIpc) is 3.29. The number of amides is 2. The lowest BCUT2D eigenvalue weighted by Crippen LogP contribution is -2.34. The van der Waals surface area contributed by atoms with Crippen molar-refractivity contribution >= 4 is 46.3 Å². The fraction of sp³-hybridized carbons (Fsp3) is 0.333. The number of benzene rings is 1. The first-order chi connectivity index (χ1) is 14.4. The Balaban J connectivity index is 1.51. The molecule has 0 unspecified atom stereocenters. The van der Waals surface area contributed by atoms with Crippen LogP contribution < -0.4 is 0 Å². The molecule has 30 heavy (non-hydrogen) atoms. The van der Waals surface area contributed by atoms with E-state index in [0.29, 0.717) is 34.5 Å². The van der Waals surface area contributed by atoms with E-state index in [1.165, 1.54) is 23.5 Å². The lowest BCUT2D eigenvalue weighted by atomic mass is 9.89. The van der Waals surface area contributed by atoms with Crippen LogP contribution in [0.25, 0.3) is 17.4 Å². The Morgan fingerprint density at radius 3 is 2.70 bits per heavy atom. The van der Waals surface area contributed by atoms with Crippen LogP contribution in [0.5, 0.6) is 0 Å². The number of rotatable bonds is 5. The van der Waals surface area contributed by atoms with Crippen molar-refractivity contribution in [3.05, 3.63) is 56.1 Å². The number of halogens is 1. The third-order valence-corrected chi connectivity index (χ3v) is 6.59. The van der Waals surface area contributed by atoms with Gasteiger partial charge in [-0.15, -0.1) is 0 Å². The molecule has 9 heteroatoms.